The number of hydrogen-bond acceptors (Lipinski definition) is 6. The maximum absolute atomic E-state index is 13.8. The molecule has 0 radical (unpaired) electrons. The first-order valence-electron chi connectivity index (χ1n) is 16.4. The number of fused-ring (bicyclic) bond motifs is 4. The van der Waals surface area contributed by atoms with Gasteiger partial charge in [0.25, 0.3) is 0 Å². The molecule has 0 atom stereocenters. The zero-order chi connectivity index (χ0) is 33.0. The largest absolute Gasteiger partial charge is 0.494 e. The lowest BCUT2D eigenvalue weighted by atomic mass is 10.0. The van der Waals surface area contributed by atoms with Crippen molar-refractivity contribution in [3.05, 3.63) is 118 Å². The van der Waals surface area contributed by atoms with Gasteiger partial charge in [0.1, 0.15) is 34.5 Å². The van der Waals surface area contributed by atoms with E-state index in [0.29, 0.717) is 79.8 Å². The maximum atomic E-state index is 13.8. The first kappa shape index (κ1) is 30.9. The number of pyridine rings is 2. The quantitative estimate of drug-likeness (QED) is 0.102. The van der Waals surface area contributed by atoms with E-state index < -0.39 is 0 Å². The Morgan fingerprint density at radius 2 is 0.792 bits per heavy atom. The van der Waals surface area contributed by atoms with Crippen molar-refractivity contribution in [1.29, 1.82) is 0 Å². The molecule has 2 heterocycles. The van der Waals surface area contributed by atoms with Gasteiger partial charge in [-0.1, -0.05) is 26.7 Å². The van der Waals surface area contributed by atoms with E-state index in [1.807, 2.05) is 72.8 Å². The first-order valence-corrected chi connectivity index (χ1v) is 16.4. The molecule has 0 saturated carbocycles. The van der Waals surface area contributed by atoms with Crippen LogP contribution in [0.5, 0.6) is 34.5 Å². The predicted octanol–water partition coefficient (Wildman–Crippen LogP) is 9.62. The van der Waals surface area contributed by atoms with Crippen molar-refractivity contribution in [2.24, 2.45) is 0 Å². The van der Waals surface area contributed by atoms with Gasteiger partial charge in [-0.2, -0.15) is 0 Å². The topological polar surface area (TPSA) is 103 Å². The van der Waals surface area contributed by atoms with Crippen LogP contribution in [0.4, 0.5) is 0 Å². The molecule has 2 N–H and O–H groups in total. The van der Waals surface area contributed by atoms with Crippen LogP contribution in [0, 0.1) is 0 Å². The molecule has 0 bridgehead atoms. The third-order valence-electron chi connectivity index (χ3n) is 8.31. The van der Waals surface area contributed by atoms with Gasteiger partial charge in [-0.3, -0.25) is 9.59 Å². The van der Waals surface area contributed by atoms with Crippen molar-refractivity contribution in [3.63, 3.8) is 0 Å². The lowest BCUT2D eigenvalue weighted by molar-refractivity contribution is 0.309. The summed E-state index contributed by atoms with van der Waals surface area (Å²) in [7, 11) is 0. The highest BCUT2D eigenvalue weighted by Gasteiger charge is 2.13. The minimum absolute atomic E-state index is 0.155. The van der Waals surface area contributed by atoms with Crippen molar-refractivity contribution in [1.82, 2.24) is 9.97 Å². The standard InChI is InChI=1S/C40H36N2O6/c1-3-5-19-45-25-7-11-27(12-8-25)47-29-15-17-35-31(21-29)39(43)33-23-38-34(24-37(33)41-35)40(44)32-22-30(16-18-36(32)42-38)48-28-13-9-26(10-14-28)46-20-6-4-2/h7-18,21-24H,3-6,19-20H2,1-2H3,(H,41,43)(H,42,44). The normalized spacial score (nSPS) is 11.4. The Bertz CT molecular complexity index is 2190. The zero-order valence-corrected chi connectivity index (χ0v) is 26.9. The van der Waals surface area contributed by atoms with Crippen LogP contribution in [0.2, 0.25) is 0 Å². The van der Waals surface area contributed by atoms with E-state index in [-0.39, 0.29) is 10.9 Å². The number of ether oxygens (including phenoxy) is 4. The monoisotopic (exact) mass is 640 g/mol. The van der Waals surface area contributed by atoms with E-state index in [0.717, 1.165) is 37.2 Å². The van der Waals surface area contributed by atoms with Crippen molar-refractivity contribution in [3.8, 4) is 34.5 Å². The fourth-order valence-electron chi connectivity index (χ4n) is 5.68. The van der Waals surface area contributed by atoms with Crippen LogP contribution < -0.4 is 29.8 Å². The van der Waals surface area contributed by atoms with Gasteiger partial charge in [-0.25, -0.2) is 0 Å². The molecule has 0 aliphatic rings. The number of unbranched alkanes of at least 4 members (excludes halogenated alkanes) is 2. The van der Waals surface area contributed by atoms with Crippen LogP contribution in [0.3, 0.4) is 0 Å². The fourth-order valence-corrected chi connectivity index (χ4v) is 5.68. The predicted molar refractivity (Wildman–Crippen MR) is 192 cm³/mol. The number of benzene rings is 5. The third-order valence-corrected chi connectivity index (χ3v) is 8.31. The number of aromatic nitrogens is 2. The van der Waals surface area contributed by atoms with Gasteiger partial charge in [0.2, 0.25) is 0 Å². The summed E-state index contributed by atoms with van der Waals surface area (Å²) >= 11 is 0. The zero-order valence-electron chi connectivity index (χ0n) is 26.9. The molecule has 8 nitrogen and oxygen atoms in total. The molecule has 5 aromatic carbocycles. The molecule has 0 aliphatic heterocycles. The first-order chi connectivity index (χ1) is 23.5. The van der Waals surface area contributed by atoms with Crippen molar-refractivity contribution >= 4 is 43.6 Å². The minimum atomic E-state index is -0.155. The van der Waals surface area contributed by atoms with Crippen LogP contribution in [-0.4, -0.2) is 23.2 Å². The second-order valence-corrected chi connectivity index (χ2v) is 11.8. The molecular formula is C40H36N2O6. The molecule has 2 aromatic heterocycles. The molecule has 0 amide bonds. The summed E-state index contributed by atoms with van der Waals surface area (Å²) in [4.78, 5) is 34.2. The Labute approximate surface area is 276 Å². The SMILES string of the molecule is CCCCOc1ccc(Oc2ccc3[nH]c4cc5c(=O)c6cc(Oc7ccc(OCCCC)cc7)ccc6[nH]c5cc4c(=O)c3c2)cc1. The molecule has 0 aliphatic carbocycles. The molecule has 7 rings (SSSR count). The summed E-state index contributed by atoms with van der Waals surface area (Å²) in [6, 6.07) is 29.1. The third kappa shape index (κ3) is 6.42. The summed E-state index contributed by atoms with van der Waals surface area (Å²) in [6.07, 6.45) is 4.16. The van der Waals surface area contributed by atoms with Crippen LogP contribution >= 0.6 is 0 Å². The maximum Gasteiger partial charge on any atom is 0.197 e. The Kier molecular flexibility index (Phi) is 8.71. The van der Waals surface area contributed by atoms with Gasteiger partial charge in [0.05, 0.1) is 35.3 Å². The van der Waals surface area contributed by atoms with Gasteiger partial charge < -0.3 is 28.9 Å². The molecule has 7 aromatic rings. The molecule has 8 heteroatoms. The molecule has 0 unspecified atom stereocenters. The van der Waals surface area contributed by atoms with Gasteiger partial charge >= 0.3 is 0 Å². The highest BCUT2D eigenvalue weighted by atomic mass is 16.5. The Hall–Kier alpha value is -5.76. The summed E-state index contributed by atoms with van der Waals surface area (Å²) in [5.41, 5.74) is 2.13. The average molecular weight is 641 g/mol. The van der Waals surface area contributed by atoms with Crippen molar-refractivity contribution in [2.45, 2.75) is 39.5 Å². The number of hydrogen-bond donors (Lipinski definition) is 2. The van der Waals surface area contributed by atoms with Gasteiger partial charge in [0, 0.05) is 21.5 Å². The molecule has 0 spiro atoms. The fraction of sp³-hybridized carbons (Fsp3) is 0.200. The van der Waals surface area contributed by atoms with E-state index >= 15 is 0 Å². The lowest BCUT2D eigenvalue weighted by Crippen LogP contribution is -2.08. The van der Waals surface area contributed by atoms with Crippen LogP contribution in [0.25, 0.3) is 43.6 Å². The highest BCUT2D eigenvalue weighted by Crippen LogP contribution is 2.29. The van der Waals surface area contributed by atoms with E-state index in [2.05, 4.69) is 23.8 Å². The van der Waals surface area contributed by atoms with Crippen LogP contribution in [0.15, 0.2) is 107 Å². The number of rotatable bonds is 12. The van der Waals surface area contributed by atoms with E-state index in [4.69, 9.17) is 18.9 Å². The second-order valence-electron chi connectivity index (χ2n) is 11.8. The lowest BCUT2D eigenvalue weighted by Gasteiger charge is -2.11. The van der Waals surface area contributed by atoms with E-state index in [9.17, 15) is 9.59 Å². The van der Waals surface area contributed by atoms with Gasteiger partial charge in [-0.05, 0) is 110 Å². The number of nitrogens with one attached hydrogen (secondary N) is 2. The Morgan fingerprint density at radius 3 is 1.19 bits per heavy atom. The summed E-state index contributed by atoms with van der Waals surface area (Å²) in [5.74, 6) is 3.95. The summed E-state index contributed by atoms with van der Waals surface area (Å²) in [5, 5.41) is 1.92. The van der Waals surface area contributed by atoms with Crippen LogP contribution in [-0.2, 0) is 0 Å². The Balaban J connectivity index is 1.17. The highest BCUT2D eigenvalue weighted by molar-refractivity contribution is 6.03. The summed E-state index contributed by atoms with van der Waals surface area (Å²) in [6.45, 7) is 5.61. The summed E-state index contributed by atoms with van der Waals surface area (Å²) < 4.78 is 23.6. The molecule has 242 valence electrons. The Morgan fingerprint density at radius 1 is 0.438 bits per heavy atom. The van der Waals surface area contributed by atoms with Gasteiger partial charge in [0.15, 0.2) is 10.9 Å². The smallest absolute Gasteiger partial charge is 0.197 e. The van der Waals surface area contributed by atoms with Crippen LogP contribution in [0.1, 0.15) is 39.5 Å². The molecule has 48 heavy (non-hydrogen) atoms. The second kappa shape index (κ2) is 13.5. The van der Waals surface area contributed by atoms with E-state index in [1.54, 1.807) is 24.3 Å². The molecule has 0 saturated heterocycles. The molecular weight excluding hydrogens is 604 g/mol. The van der Waals surface area contributed by atoms with Crippen molar-refractivity contribution < 1.29 is 18.9 Å². The van der Waals surface area contributed by atoms with E-state index in [1.165, 1.54) is 0 Å². The number of H-pyrrole nitrogens is 2. The number of aromatic amines is 2. The minimum Gasteiger partial charge on any atom is -0.494 e. The van der Waals surface area contributed by atoms with Gasteiger partial charge in [-0.15, -0.1) is 0 Å². The van der Waals surface area contributed by atoms with Crippen molar-refractivity contribution in [2.75, 3.05) is 13.2 Å². The average Bonchev–Trinajstić information content (AvgIpc) is 3.10. The molecule has 0 fully saturated rings.